The lowest BCUT2D eigenvalue weighted by atomic mass is 10.2. The molecule has 0 bridgehead atoms. The smallest absolute Gasteiger partial charge is 0.146 e. The van der Waals surface area contributed by atoms with Gasteiger partial charge in [0.2, 0.25) is 0 Å². The second-order valence-corrected chi connectivity index (χ2v) is 4.98. The van der Waals surface area contributed by atoms with Gasteiger partial charge in [-0.1, -0.05) is 18.5 Å². The fraction of sp³-hybridized carbons (Fsp3) is 0.286. The van der Waals surface area contributed by atoms with Gasteiger partial charge >= 0.3 is 0 Å². The summed E-state index contributed by atoms with van der Waals surface area (Å²) >= 11 is 6.00. The van der Waals surface area contributed by atoms with Crippen LogP contribution in [-0.4, -0.2) is 19.3 Å². The lowest BCUT2D eigenvalue weighted by Crippen LogP contribution is -2.09. The van der Waals surface area contributed by atoms with Crippen LogP contribution in [0.1, 0.15) is 19.2 Å². The standard InChI is InChI=1S/C14H15ClN4/c1-2-6-19-14(16-10-17-19)9-18-7-5-11-8-12(15)3-4-13(11)18/h3-5,7-8,10H,2,6,9H2,1H3. The molecule has 3 aromatic rings. The van der Waals surface area contributed by atoms with Gasteiger partial charge in [0.1, 0.15) is 12.2 Å². The molecule has 2 aromatic heterocycles. The number of aromatic nitrogens is 4. The molecule has 0 saturated carbocycles. The number of fused-ring (bicyclic) bond motifs is 1. The molecule has 0 aliphatic rings. The first-order valence-corrected chi connectivity index (χ1v) is 6.77. The summed E-state index contributed by atoms with van der Waals surface area (Å²) in [6.07, 6.45) is 4.73. The molecule has 0 radical (unpaired) electrons. The minimum absolute atomic E-state index is 0.727. The van der Waals surface area contributed by atoms with Crippen molar-refractivity contribution in [3.05, 3.63) is 47.6 Å². The van der Waals surface area contributed by atoms with E-state index < -0.39 is 0 Å². The summed E-state index contributed by atoms with van der Waals surface area (Å²) in [4.78, 5) is 4.34. The number of hydrogen-bond donors (Lipinski definition) is 0. The number of rotatable bonds is 4. The Morgan fingerprint density at radius 3 is 3.00 bits per heavy atom. The molecule has 0 amide bonds. The topological polar surface area (TPSA) is 35.6 Å². The third-order valence-electron chi connectivity index (χ3n) is 3.18. The first-order chi connectivity index (χ1) is 9.28. The van der Waals surface area contributed by atoms with Crippen molar-refractivity contribution in [3.8, 4) is 0 Å². The van der Waals surface area contributed by atoms with Gasteiger partial charge in [0.15, 0.2) is 0 Å². The van der Waals surface area contributed by atoms with E-state index in [1.54, 1.807) is 6.33 Å². The summed E-state index contributed by atoms with van der Waals surface area (Å²) in [7, 11) is 0. The second-order valence-electron chi connectivity index (χ2n) is 4.55. The molecule has 0 saturated heterocycles. The van der Waals surface area contributed by atoms with Crippen molar-refractivity contribution in [2.24, 2.45) is 0 Å². The van der Waals surface area contributed by atoms with Crippen molar-refractivity contribution in [2.75, 3.05) is 0 Å². The van der Waals surface area contributed by atoms with Crippen molar-refractivity contribution in [1.82, 2.24) is 19.3 Å². The molecule has 4 nitrogen and oxygen atoms in total. The largest absolute Gasteiger partial charge is 0.340 e. The van der Waals surface area contributed by atoms with Gasteiger partial charge in [-0.25, -0.2) is 9.67 Å². The molecule has 0 atom stereocenters. The summed E-state index contributed by atoms with van der Waals surface area (Å²) in [5.74, 6) is 0.981. The number of halogens is 1. The molecule has 0 fully saturated rings. The van der Waals surface area contributed by atoms with Gasteiger partial charge in [-0.2, -0.15) is 5.10 Å². The molecular weight excluding hydrogens is 260 g/mol. The Bertz CT molecular complexity index is 698. The fourth-order valence-corrected chi connectivity index (χ4v) is 2.45. The van der Waals surface area contributed by atoms with Crippen molar-refractivity contribution in [2.45, 2.75) is 26.4 Å². The molecular formula is C14H15ClN4. The molecule has 0 unspecified atom stereocenters. The summed E-state index contributed by atoms with van der Waals surface area (Å²) in [6.45, 7) is 3.77. The van der Waals surface area contributed by atoms with Crippen LogP contribution in [-0.2, 0) is 13.1 Å². The Morgan fingerprint density at radius 1 is 1.26 bits per heavy atom. The van der Waals surface area contributed by atoms with Crippen molar-refractivity contribution in [3.63, 3.8) is 0 Å². The minimum Gasteiger partial charge on any atom is -0.340 e. The van der Waals surface area contributed by atoms with Crippen LogP contribution in [0.2, 0.25) is 5.02 Å². The molecule has 19 heavy (non-hydrogen) atoms. The Balaban J connectivity index is 1.94. The zero-order chi connectivity index (χ0) is 13.2. The molecule has 5 heteroatoms. The second kappa shape index (κ2) is 5.05. The lowest BCUT2D eigenvalue weighted by molar-refractivity contribution is 0.557. The summed E-state index contributed by atoms with van der Waals surface area (Å²) in [5, 5.41) is 6.16. The molecule has 2 heterocycles. The fourth-order valence-electron chi connectivity index (χ4n) is 2.27. The van der Waals surface area contributed by atoms with Crippen LogP contribution < -0.4 is 0 Å². The maximum absolute atomic E-state index is 6.00. The zero-order valence-electron chi connectivity index (χ0n) is 10.8. The highest BCUT2D eigenvalue weighted by Crippen LogP contribution is 2.21. The number of benzene rings is 1. The predicted octanol–water partition coefficient (Wildman–Crippen LogP) is 3.34. The Labute approximate surface area is 116 Å². The monoisotopic (exact) mass is 274 g/mol. The lowest BCUT2D eigenvalue weighted by Gasteiger charge is -2.07. The maximum atomic E-state index is 6.00. The Morgan fingerprint density at radius 2 is 2.16 bits per heavy atom. The molecule has 98 valence electrons. The van der Waals surface area contributed by atoms with Crippen LogP contribution in [0.25, 0.3) is 10.9 Å². The highest BCUT2D eigenvalue weighted by molar-refractivity contribution is 6.31. The highest BCUT2D eigenvalue weighted by Gasteiger charge is 2.07. The number of nitrogens with zero attached hydrogens (tertiary/aromatic N) is 4. The van der Waals surface area contributed by atoms with E-state index in [1.807, 2.05) is 22.9 Å². The van der Waals surface area contributed by atoms with E-state index in [-0.39, 0.29) is 0 Å². The van der Waals surface area contributed by atoms with E-state index in [2.05, 4.69) is 33.8 Å². The van der Waals surface area contributed by atoms with Crippen LogP contribution in [0, 0.1) is 0 Å². The van der Waals surface area contributed by atoms with E-state index in [4.69, 9.17) is 11.6 Å². The van der Waals surface area contributed by atoms with Gasteiger partial charge in [0.25, 0.3) is 0 Å². The van der Waals surface area contributed by atoms with Gasteiger partial charge in [-0.15, -0.1) is 0 Å². The van der Waals surface area contributed by atoms with Crippen LogP contribution in [0.5, 0.6) is 0 Å². The molecule has 3 rings (SSSR count). The van der Waals surface area contributed by atoms with E-state index >= 15 is 0 Å². The average molecular weight is 275 g/mol. The molecule has 0 aliphatic carbocycles. The van der Waals surface area contributed by atoms with Crippen molar-refractivity contribution >= 4 is 22.5 Å². The normalized spacial score (nSPS) is 11.3. The van der Waals surface area contributed by atoms with E-state index in [1.165, 1.54) is 0 Å². The van der Waals surface area contributed by atoms with Gasteiger partial charge in [-0.05, 0) is 30.7 Å². The van der Waals surface area contributed by atoms with E-state index in [9.17, 15) is 0 Å². The molecule has 0 aliphatic heterocycles. The summed E-state index contributed by atoms with van der Waals surface area (Å²) < 4.78 is 4.13. The Kier molecular flexibility index (Phi) is 3.25. The van der Waals surface area contributed by atoms with Crippen LogP contribution >= 0.6 is 11.6 Å². The molecule has 0 spiro atoms. The zero-order valence-corrected chi connectivity index (χ0v) is 11.5. The van der Waals surface area contributed by atoms with Gasteiger partial charge < -0.3 is 4.57 Å². The first kappa shape index (κ1) is 12.2. The first-order valence-electron chi connectivity index (χ1n) is 6.39. The SMILES string of the molecule is CCCn1ncnc1Cn1ccc2cc(Cl)ccc21. The summed E-state index contributed by atoms with van der Waals surface area (Å²) in [6, 6.07) is 8.00. The quantitative estimate of drug-likeness (QED) is 0.731. The summed E-state index contributed by atoms with van der Waals surface area (Å²) in [5.41, 5.74) is 1.16. The molecule has 0 N–H and O–H groups in total. The van der Waals surface area contributed by atoms with E-state index in [0.717, 1.165) is 41.3 Å². The highest BCUT2D eigenvalue weighted by atomic mass is 35.5. The van der Waals surface area contributed by atoms with Gasteiger partial charge in [0, 0.05) is 28.7 Å². The third kappa shape index (κ3) is 2.36. The third-order valence-corrected chi connectivity index (χ3v) is 3.41. The van der Waals surface area contributed by atoms with E-state index in [0.29, 0.717) is 0 Å². The number of hydrogen-bond acceptors (Lipinski definition) is 2. The molecule has 1 aromatic carbocycles. The number of aryl methyl sites for hydroxylation is 1. The van der Waals surface area contributed by atoms with Crippen molar-refractivity contribution in [1.29, 1.82) is 0 Å². The Hall–Kier alpha value is -1.81. The van der Waals surface area contributed by atoms with Crippen LogP contribution in [0.4, 0.5) is 0 Å². The minimum atomic E-state index is 0.727. The van der Waals surface area contributed by atoms with Crippen molar-refractivity contribution < 1.29 is 0 Å². The van der Waals surface area contributed by atoms with Crippen LogP contribution in [0.15, 0.2) is 36.8 Å². The maximum Gasteiger partial charge on any atom is 0.146 e. The average Bonchev–Trinajstić information content (AvgIpc) is 2.98. The van der Waals surface area contributed by atoms with Gasteiger partial charge in [0.05, 0.1) is 6.54 Å². The predicted molar refractivity (Wildman–Crippen MR) is 76.4 cm³/mol. The van der Waals surface area contributed by atoms with Crippen LogP contribution in [0.3, 0.4) is 0 Å². The van der Waals surface area contributed by atoms with Gasteiger partial charge in [-0.3, -0.25) is 0 Å².